The van der Waals surface area contributed by atoms with Crippen molar-refractivity contribution in [2.24, 2.45) is 5.41 Å². The fourth-order valence-corrected chi connectivity index (χ4v) is 1.58. The van der Waals surface area contributed by atoms with Gasteiger partial charge in [0.2, 0.25) is 0 Å². The number of rotatable bonds is 0. The van der Waals surface area contributed by atoms with Crippen molar-refractivity contribution in [1.82, 2.24) is 4.90 Å². The molecule has 0 N–H and O–H groups in total. The van der Waals surface area contributed by atoms with Gasteiger partial charge in [-0.1, -0.05) is 0 Å². The van der Waals surface area contributed by atoms with Gasteiger partial charge in [0.05, 0.1) is 6.54 Å². The highest BCUT2D eigenvalue weighted by Gasteiger charge is 2.61. The molecule has 0 aromatic carbocycles. The molecule has 7 heteroatoms. The van der Waals surface area contributed by atoms with Crippen LogP contribution < -0.4 is 0 Å². The van der Waals surface area contributed by atoms with Crippen LogP contribution in [0.2, 0.25) is 0 Å². The third-order valence-electron chi connectivity index (χ3n) is 2.73. The number of alkyl halides is 3. The number of likely N-dealkylation sites (tertiary alicyclic amines) is 1. The summed E-state index contributed by atoms with van der Waals surface area (Å²) in [6, 6.07) is 0. The Balaban J connectivity index is 2.82. The number of hydrogen-bond donors (Lipinski definition) is 0. The molecule has 104 valence electrons. The first-order chi connectivity index (χ1) is 7.87. The van der Waals surface area contributed by atoms with Gasteiger partial charge in [0, 0.05) is 6.54 Å². The van der Waals surface area contributed by atoms with Crippen LogP contribution in [0.1, 0.15) is 27.7 Å². The number of carbonyl (C=O) groups excluding carboxylic acids is 2. The first kappa shape index (κ1) is 14.8. The molecular formula is C11H16F3NO3. The van der Waals surface area contributed by atoms with Gasteiger partial charge in [-0.05, 0) is 27.7 Å². The van der Waals surface area contributed by atoms with Crippen LogP contribution in [0, 0.1) is 5.41 Å². The molecule has 1 amide bonds. The first-order valence-corrected chi connectivity index (χ1v) is 5.45. The number of hydrogen-bond acceptors (Lipinski definition) is 3. The Labute approximate surface area is 103 Å². The van der Waals surface area contributed by atoms with Crippen molar-refractivity contribution >= 4 is 11.9 Å². The van der Waals surface area contributed by atoms with Crippen LogP contribution in [0.5, 0.6) is 0 Å². The van der Waals surface area contributed by atoms with Crippen LogP contribution in [0.4, 0.5) is 18.0 Å². The summed E-state index contributed by atoms with van der Waals surface area (Å²) >= 11 is 0. The molecule has 0 bridgehead atoms. The van der Waals surface area contributed by atoms with Crippen LogP contribution in [-0.2, 0) is 9.53 Å². The zero-order chi connectivity index (χ0) is 14.4. The number of nitrogens with zero attached hydrogens (tertiary/aromatic N) is 1. The zero-order valence-electron chi connectivity index (χ0n) is 10.7. The summed E-state index contributed by atoms with van der Waals surface area (Å²) in [5.74, 6) is -1.01. The van der Waals surface area contributed by atoms with Crippen molar-refractivity contribution in [2.75, 3.05) is 13.1 Å². The summed E-state index contributed by atoms with van der Waals surface area (Å²) in [5.41, 5.74) is -3.30. The van der Waals surface area contributed by atoms with Crippen LogP contribution in [0.25, 0.3) is 0 Å². The molecular weight excluding hydrogens is 251 g/mol. The molecule has 18 heavy (non-hydrogen) atoms. The zero-order valence-corrected chi connectivity index (χ0v) is 10.7. The van der Waals surface area contributed by atoms with Crippen LogP contribution in [0.3, 0.4) is 0 Å². The molecule has 1 aliphatic heterocycles. The predicted molar refractivity (Wildman–Crippen MR) is 57.0 cm³/mol. The summed E-state index contributed by atoms with van der Waals surface area (Å²) < 4.78 is 43.3. The molecule has 4 nitrogen and oxygen atoms in total. The van der Waals surface area contributed by atoms with E-state index in [0.29, 0.717) is 0 Å². The van der Waals surface area contributed by atoms with E-state index in [1.807, 2.05) is 0 Å². The maximum atomic E-state index is 12.8. The second-order valence-electron chi connectivity index (χ2n) is 5.59. The summed E-state index contributed by atoms with van der Waals surface area (Å²) in [6.07, 6.45) is -5.57. The lowest BCUT2D eigenvalue weighted by Crippen LogP contribution is -2.43. The smallest absolute Gasteiger partial charge is 0.410 e. The van der Waals surface area contributed by atoms with Crippen LogP contribution >= 0.6 is 0 Å². The maximum Gasteiger partial charge on any atom is 0.410 e. The lowest BCUT2D eigenvalue weighted by molar-refractivity contribution is -0.209. The molecule has 1 rings (SSSR count). The molecule has 1 aliphatic rings. The van der Waals surface area contributed by atoms with E-state index in [9.17, 15) is 22.8 Å². The monoisotopic (exact) mass is 267 g/mol. The van der Waals surface area contributed by atoms with Gasteiger partial charge in [-0.25, -0.2) is 4.79 Å². The number of amides is 1. The normalized spacial score (nSPS) is 25.5. The maximum absolute atomic E-state index is 12.8. The summed E-state index contributed by atoms with van der Waals surface area (Å²) in [5, 5.41) is 0. The number of carbonyl (C=O) groups is 2. The molecule has 0 aliphatic carbocycles. The molecule has 0 spiro atoms. The van der Waals surface area contributed by atoms with Crippen molar-refractivity contribution in [3.8, 4) is 0 Å². The van der Waals surface area contributed by atoms with E-state index in [-0.39, 0.29) is 0 Å². The van der Waals surface area contributed by atoms with E-state index in [2.05, 4.69) is 0 Å². The topological polar surface area (TPSA) is 46.6 Å². The Morgan fingerprint density at radius 3 is 2.17 bits per heavy atom. The quantitative estimate of drug-likeness (QED) is 0.677. The minimum atomic E-state index is -4.67. The van der Waals surface area contributed by atoms with E-state index in [1.165, 1.54) is 0 Å². The molecule has 0 saturated carbocycles. The number of ketones is 1. The minimum absolute atomic E-state index is 0.565. The lowest BCUT2D eigenvalue weighted by Gasteiger charge is -2.27. The highest BCUT2D eigenvalue weighted by atomic mass is 19.4. The van der Waals surface area contributed by atoms with Gasteiger partial charge in [0.15, 0.2) is 5.78 Å². The second kappa shape index (κ2) is 4.13. The van der Waals surface area contributed by atoms with E-state index in [1.54, 1.807) is 20.8 Å². The fraction of sp³-hybridized carbons (Fsp3) is 0.818. The summed E-state index contributed by atoms with van der Waals surface area (Å²) in [7, 11) is 0. The van der Waals surface area contributed by atoms with Crippen molar-refractivity contribution in [3.63, 3.8) is 0 Å². The molecule has 0 aromatic heterocycles. The van der Waals surface area contributed by atoms with Gasteiger partial charge in [-0.3, -0.25) is 9.69 Å². The largest absolute Gasteiger partial charge is 0.444 e. The predicted octanol–water partition coefficient (Wildman–Crippen LogP) is 2.37. The Morgan fingerprint density at radius 1 is 1.33 bits per heavy atom. The van der Waals surface area contributed by atoms with Gasteiger partial charge < -0.3 is 4.74 Å². The SMILES string of the molecule is CC(C)(C)OC(=O)N1CC(=O)C(C)(C(F)(F)F)C1. The molecule has 1 atom stereocenters. The Morgan fingerprint density at radius 2 is 1.83 bits per heavy atom. The van der Waals surface area contributed by atoms with E-state index >= 15 is 0 Å². The molecule has 1 fully saturated rings. The lowest BCUT2D eigenvalue weighted by atomic mass is 9.88. The molecule has 1 heterocycles. The first-order valence-electron chi connectivity index (χ1n) is 5.45. The summed E-state index contributed by atoms with van der Waals surface area (Å²) in [4.78, 5) is 23.9. The highest BCUT2D eigenvalue weighted by molar-refractivity contribution is 5.93. The van der Waals surface area contributed by atoms with Crippen molar-refractivity contribution < 1.29 is 27.5 Å². The van der Waals surface area contributed by atoms with Crippen molar-refractivity contribution in [2.45, 2.75) is 39.5 Å². The Bertz CT molecular complexity index is 373. The number of halogens is 3. The van der Waals surface area contributed by atoms with Crippen LogP contribution in [0.15, 0.2) is 0 Å². The van der Waals surface area contributed by atoms with Crippen molar-refractivity contribution in [3.05, 3.63) is 0 Å². The van der Waals surface area contributed by atoms with Gasteiger partial charge in [-0.15, -0.1) is 0 Å². The number of Topliss-reactive ketones (excluding diaryl/α,β-unsaturated/α-hetero) is 1. The molecule has 1 unspecified atom stereocenters. The third kappa shape index (κ3) is 2.76. The Hall–Kier alpha value is -1.27. The van der Waals surface area contributed by atoms with Gasteiger partial charge in [0.25, 0.3) is 0 Å². The van der Waals surface area contributed by atoms with E-state index in [4.69, 9.17) is 4.74 Å². The van der Waals surface area contributed by atoms with Gasteiger partial charge in [0.1, 0.15) is 11.0 Å². The van der Waals surface area contributed by atoms with Gasteiger partial charge in [-0.2, -0.15) is 13.2 Å². The standard InChI is InChI=1S/C11H16F3NO3/c1-9(2,3)18-8(17)15-5-7(16)10(4,6-15)11(12,13)14/h5-6H2,1-4H3. The Kier molecular flexibility index (Phi) is 3.40. The third-order valence-corrected chi connectivity index (χ3v) is 2.73. The highest BCUT2D eigenvalue weighted by Crippen LogP contribution is 2.43. The minimum Gasteiger partial charge on any atom is -0.444 e. The fourth-order valence-electron chi connectivity index (χ4n) is 1.58. The molecule has 0 radical (unpaired) electrons. The van der Waals surface area contributed by atoms with E-state index in [0.717, 1.165) is 11.8 Å². The number of ether oxygens (including phenoxy) is 1. The second-order valence-corrected chi connectivity index (χ2v) is 5.59. The average molecular weight is 267 g/mol. The van der Waals surface area contributed by atoms with Gasteiger partial charge >= 0.3 is 12.3 Å². The summed E-state index contributed by atoms with van der Waals surface area (Å²) in [6.45, 7) is 4.36. The van der Waals surface area contributed by atoms with E-state index < -0.39 is 42.2 Å². The van der Waals surface area contributed by atoms with Crippen molar-refractivity contribution in [1.29, 1.82) is 0 Å². The average Bonchev–Trinajstić information content (AvgIpc) is 2.40. The molecule has 1 saturated heterocycles. The molecule has 0 aromatic rings. The van der Waals surface area contributed by atoms with Crippen LogP contribution in [-0.4, -0.2) is 41.6 Å².